The first kappa shape index (κ1) is 29.8. The number of carbonyl (C=O) groups is 2. The van der Waals surface area contributed by atoms with Gasteiger partial charge in [0.25, 0.3) is 5.84 Å². The van der Waals surface area contributed by atoms with Gasteiger partial charge in [0.2, 0.25) is 0 Å². The maximum absolute atomic E-state index is 12.7. The summed E-state index contributed by atoms with van der Waals surface area (Å²) in [4.78, 5) is 25.4. The molecule has 0 heterocycles. The van der Waals surface area contributed by atoms with E-state index in [4.69, 9.17) is 0 Å². The molecule has 4 amide bonds. The van der Waals surface area contributed by atoms with Crippen molar-refractivity contribution in [1.29, 1.82) is 0 Å². The largest absolute Gasteiger partial charge is 0.385 e. The number of hydrogen-bond acceptors (Lipinski definition) is 3. The maximum atomic E-state index is 12.7. The fourth-order valence-corrected chi connectivity index (χ4v) is 4.00. The molecule has 40 heavy (non-hydrogen) atoms. The van der Waals surface area contributed by atoms with Crippen molar-refractivity contribution in [3.8, 4) is 0 Å². The summed E-state index contributed by atoms with van der Waals surface area (Å²) in [5.74, 6) is 1.00. The molecule has 6 N–H and O–H groups in total. The molecule has 0 aliphatic heterocycles. The van der Waals surface area contributed by atoms with Crippen molar-refractivity contribution in [1.82, 2.24) is 10.6 Å². The number of amides is 4. The highest BCUT2D eigenvalue weighted by atomic mass is 16.2. The molecule has 0 fully saturated rings. The van der Waals surface area contributed by atoms with Crippen LogP contribution in [0.25, 0.3) is 5.70 Å². The monoisotopic (exact) mass is 542 g/mol. The van der Waals surface area contributed by atoms with E-state index in [1.165, 1.54) is 0 Å². The zero-order valence-corrected chi connectivity index (χ0v) is 23.9. The number of anilines is 4. The Morgan fingerprint density at radius 1 is 0.800 bits per heavy atom. The van der Waals surface area contributed by atoms with Gasteiger partial charge in [-0.25, -0.2) is 9.59 Å². The van der Waals surface area contributed by atoms with Gasteiger partial charge in [-0.3, -0.25) is 9.89 Å². The molecule has 9 nitrogen and oxygen atoms in total. The molecular formula is C31H40N7O2+. The predicted octanol–water partition coefficient (Wildman–Crippen LogP) is 5.88. The van der Waals surface area contributed by atoms with Crippen LogP contribution in [0.1, 0.15) is 37.0 Å². The lowest BCUT2D eigenvalue weighted by Gasteiger charge is -2.14. The molecule has 210 valence electrons. The highest BCUT2D eigenvalue weighted by Gasteiger charge is 2.12. The van der Waals surface area contributed by atoms with Crippen LogP contribution in [0.5, 0.6) is 0 Å². The van der Waals surface area contributed by atoms with Crippen LogP contribution in [-0.2, 0) is 0 Å². The van der Waals surface area contributed by atoms with Crippen LogP contribution in [0.3, 0.4) is 0 Å². The van der Waals surface area contributed by atoms with E-state index in [-0.39, 0.29) is 6.03 Å². The van der Waals surface area contributed by atoms with Crippen molar-refractivity contribution in [2.75, 3.05) is 48.5 Å². The van der Waals surface area contributed by atoms with Crippen molar-refractivity contribution >= 4 is 46.3 Å². The SMILES string of the molecule is C=C(NCCC)c1cccc(NC(=O)Nc2ccc(C)c(NC(=O)Nc3ccc(C(NC)=[N+](C)CC)cc3)c2)c1. The summed E-state index contributed by atoms with van der Waals surface area (Å²) in [5.41, 5.74) is 6.03. The lowest BCUT2D eigenvalue weighted by molar-refractivity contribution is -0.494. The van der Waals surface area contributed by atoms with Gasteiger partial charge < -0.3 is 26.6 Å². The lowest BCUT2D eigenvalue weighted by Crippen LogP contribution is -2.30. The standard InChI is InChI=1S/C31H39N7O2/c1-7-18-33-22(4)24-10-9-11-26(19-24)35-30(39)36-27-15-12-21(3)28(20-27)37-31(40)34-25-16-13-23(14-17-25)29(32-5)38(6)8-2/h9-17,19-20,33H,4,7-8,18H2,1-3,5-6H3,(H4,32,34,35,36,37,39,40)/p+1. The minimum absolute atomic E-state index is 0.380. The average Bonchev–Trinajstić information content (AvgIpc) is 2.94. The van der Waals surface area contributed by atoms with E-state index in [0.717, 1.165) is 47.7 Å². The first-order chi connectivity index (χ1) is 19.2. The van der Waals surface area contributed by atoms with Gasteiger partial charge in [0.05, 0.1) is 26.2 Å². The quantitative estimate of drug-likeness (QED) is 0.109. The minimum Gasteiger partial charge on any atom is -0.385 e. The predicted molar refractivity (Wildman–Crippen MR) is 167 cm³/mol. The molecule has 3 rings (SSSR count). The second-order valence-electron chi connectivity index (χ2n) is 9.36. The molecule has 3 aromatic rings. The van der Waals surface area contributed by atoms with Gasteiger partial charge in [-0.05, 0) is 79.9 Å². The molecule has 0 atom stereocenters. The molecule has 0 aliphatic rings. The molecule has 0 aliphatic carbocycles. The van der Waals surface area contributed by atoms with Crippen LogP contribution in [0.2, 0.25) is 0 Å². The van der Waals surface area contributed by atoms with E-state index < -0.39 is 6.03 Å². The summed E-state index contributed by atoms with van der Waals surface area (Å²) < 4.78 is 2.11. The Bertz CT molecular complexity index is 1380. The third-order valence-corrected chi connectivity index (χ3v) is 6.31. The van der Waals surface area contributed by atoms with E-state index in [1.807, 2.05) is 75.6 Å². The van der Waals surface area contributed by atoms with Gasteiger partial charge in [0.1, 0.15) is 0 Å². The number of carbonyl (C=O) groups excluding carboxylic acids is 2. The number of nitrogens with one attached hydrogen (secondary N) is 6. The third kappa shape index (κ3) is 8.36. The smallest absolute Gasteiger partial charge is 0.323 e. The molecule has 0 aromatic heterocycles. The van der Waals surface area contributed by atoms with Crippen LogP contribution in [-0.4, -0.2) is 49.7 Å². The van der Waals surface area contributed by atoms with Crippen molar-refractivity contribution in [2.24, 2.45) is 0 Å². The van der Waals surface area contributed by atoms with Gasteiger partial charge in [-0.15, -0.1) is 0 Å². The maximum Gasteiger partial charge on any atom is 0.323 e. The second-order valence-corrected chi connectivity index (χ2v) is 9.36. The number of urea groups is 2. The van der Waals surface area contributed by atoms with Crippen LogP contribution in [0, 0.1) is 6.92 Å². The molecule has 9 heteroatoms. The molecule has 0 saturated heterocycles. The minimum atomic E-state index is -0.393. The Morgan fingerprint density at radius 2 is 1.43 bits per heavy atom. The third-order valence-electron chi connectivity index (χ3n) is 6.31. The van der Waals surface area contributed by atoms with Crippen LogP contribution >= 0.6 is 0 Å². The van der Waals surface area contributed by atoms with Gasteiger partial charge in [-0.1, -0.05) is 31.7 Å². The average molecular weight is 543 g/mol. The number of aryl methyl sites for hydroxylation is 1. The fourth-order valence-electron chi connectivity index (χ4n) is 4.00. The Morgan fingerprint density at radius 3 is 2.08 bits per heavy atom. The van der Waals surface area contributed by atoms with Crippen molar-refractivity contribution in [2.45, 2.75) is 27.2 Å². The van der Waals surface area contributed by atoms with Crippen LogP contribution in [0.15, 0.2) is 73.3 Å². The topological polar surface area (TPSA) is 109 Å². The van der Waals surface area contributed by atoms with E-state index in [0.29, 0.717) is 22.7 Å². The van der Waals surface area contributed by atoms with E-state index in [2.05, 4.69) is 56.9 Å². The summed E-state index contributed by atoms with van der Waals surface area (Å²) in [6.45, 7) is 11.8. The summed E-state index contributed by atoms with van der Waals surface area (Å²) in [6, 6.07) is 19.7. The molecule has 0 saturated carbocycles. The zero-order valence-electron chi connectivity index (χ0n) is 23.9. The normalized spacial score (nSPS) is 11.1. The number of hydrogen-bond donors (Lipinski definition) is 6. The highest BCUT2D eigenvalue weighted by Crippen LogP contribution is 2.22. The zero-order chi connectivity index (χ0) is 29.1. The summed E-state index contributed by atoms with van der Waals surface area (Å²) in [7, 11) is 3.90. The van der Waals surface area contributed by atoms with Gasteiger partial charge in [0, 0.05) is 35.0 Å². The molecule has 0 bridgehead atoms. The number of amidine groups is 1. The Hall–Kier alpha value is -4.79. The molecule has 0 spiro atoms. The van der Waals surface area contributed by atoms with Gasteiger partial charge in [0.15, 0.2) is 0 Å². The Labute approximate surface area is 236 Å². The van der Waals surface area contributed by atoms with Gasteiger partial charge >= 0.3 is 12.1 Å². The number of nitrogens with zero attached hydrogens (tertiary/aromatic N) is 1. The first-order valence-corrected chi connectivity index (χ1v) is 13.4. The lowest BCUT2D eigenvalue weighted by atomic mass is 10.1. The van der Waals surface area contributed by atoms with E-state index in [9.17, 15) is 9.59 Å². The highest BCUT2D eigenvalue weighted by molar-refractivity contribution is 6.03. The van der Waals surface area contributed by atoms with Crippen molar-refractivity contribution in [3.05, 3.63) is 90.0 Å². The molecule has 0 radical (unpaired) electrons. The van der Waals surface area contributed by atoms with E-state index >= 15 is 0 Å². The Kier molecular flexibility index (Phi) is 10.7. The van der Waals surface area contributed by atoms with Crippen LogP contribution in [0.4, 0.5) is 32.3 Å². The molecule has 3 aromatic carbocycles. The van der Waals surface area contributed by atoms with Crippen LogP contribution < -0.4 is 31.9 Å². The fraction of sp³-hybridized carbons (Fsp3) is 0.258. The molecule has 0 unspecified atom stereocenters. The summed E-state index contributed by atoms with van der Waals surface area (Å²) in [5, 5.41) is 17.9. The first-order valence-electron chi connectivity index (χ1n) is 13.4. The second kappa shape index (κ2) is 14.4. The number of rotatable bonds is 10. The van der Waals surface area contributed by atoms with E-state index in [1.54, 1.807) is 12.1 Å². The summed E-state index contributed by atoms with van der Waals surface area (Å²) >= 11 is 0. The molecular weight excluding hydrogens is 502 g/mol. The van der Waals surface area contributed by atoms with Crippen molar-refractivity contribution in [3.63, 3.8) is 0 Å². The van der Waals surface area contributed by atoms with Crippen molar-refractivity contribution < 1.29 is 14.2 Å². The van der Waals surface area contributed by atoms with Gasteiger partial charge in [-0.2, -0.15) is 0 Å². The number of benzene rings is 3. The Balaban J connectivity index is 1.61. The summed E-state index contributed by atoms with van der Waals surface area (Å²) in [6.07, 6.45) is 0.995.